The molecular formula is C85H166O17P2. The third kappa shape index (κ3) is 78.2. The molecule has 19 heteroatoms. The maximum Gasteiger partial charge on any atom is 0.472 e. The van der Waals surface area contributed by atoms with Crippen LogP contribution in [0.4, 0.5) is 0 Å². The summed E-state index contributed by atoms with van der Waals surface area (Å²) in [5.41, 5.74) is 0. The molecule has 0 saturated carbocycles. The van der Waals surface area contributed by atoms with Gasteiger partial charge in [-0.3, -0.25) is 37.3 Å². The van der Waals surface area contributed by atoms with Crippen LogP contribution in [-0.2, 0) is 65.4 Å². The SMILES string of the molecule is CCCCCCCCCCCCCCCCCCCCCCCCC(=O)O[C@H](COC(=O)CCCCCCCCCCCCCCCCCCCCC(C)C)COP(=O)(O)OC[C@@H](O)COP(=O)(O)OC[C@@H](COC(=O)CCCCCCCCCCCC)OC(=O)CCCCCCCCCCCCC. The van der Waals surface area contributed by atoms with Gasteiger partial charge in [-0.2, -0.15) is 0 Å². The Hall–Kier alpha value is -1.94. The molecule has 0 heterocycles. The summed E-state index contributed by atoms with van der Waals surface area (Å²) < 4.78 is 68.8. The first-order valence-corrected chi connectivity index (χ1v) is 47.1. The predicted molar refractivity (Wildman–Crippen MR) is 428 cm³/mol. The van der Waals surface area contributed by atoms with Gasteiger partial charge in [0.15, 0.2) is 12.2 Å². The summed E-state index contributed by atoms with van der Waals surface area (Å²) in [6, 6.07) is 0. The first-order valence-electron chi connectivity index (χ1n) is 44.1. The van der Waals surface area contributed by atoms with Crippen molar-refractivity contribution in [1.82, 2.24) is 0 Å². The molecule has 0 bridgehead atoms. The number of carbonyl (C=O) groups is 4. The third-order valence-electron chi connectivity index (χ3n) is 20.0. The Kier molecular flexibility index (Phi) is 76.3. The van der Waals surface area contributed by atoms with Gasteiger partial charge in [0, 0.05) is 25.7 Å². The maximum atomic E-state index is 13.1. The third-order valence-corrected chi connectivity index (χ3v) is 21.9. The summed E-state index contributed by atoms with van der Waals surface area (Å²) >= 11 is 0. The largest absolute Gasteiger partial charge is 0.472 e. The van der Waals surface area contributed by atoms with Crippen LogP contribution in [0.2, 0.25) is 0 Å². The van der Waals surface area contributed by atoms with E-state index >= 15 is 0 Å². The van der Waals surface area contributed by atoms with Gasteiger partial charge in [-0.05, 0) is 31.6 Å². The van der Waals surface area contributed by atoms with E-state index in [0.29, 0.717) is 25.7 Å². The van der Waals surface area contributed by atoms with Gasteiger partial charge >= 0.3 is 39.5 Å². The molecule has 618 valence electrons. The average molecular weight is 1520 g/mol. The molecular weight excluding hydrogens is 1350 g/mol. The first kappa shape index (κ1) is 102. The molecule has 0 aliphatic carbocycles. The molecule has 0 radical (unpaired) electrons. The summed E-state index contributed by atoms with van der Waals surface area (Å²) in [6.45, 7) is 7.37. The Labute approximate surface area is 638 Å². The zero-order chi connectivity index (χ0) is 76.2. The lowest BCUT2D eigenvalue weighted by molar-refractivity contribution is -0.161. The van der Waals surface area contributed by atoms with Gasteiger partial charge in [-0.1, -0.05) is 407 Å². The number of unbranched alkanes of at least 4 members (excludes halogenated alkanes) is 57. The van der Waals surface area contributed by atoms with Gasteiger partial charge in [0.2, 0.25) is 0 Å². The molecule has 0 aromatic rings. The van der Waals surface area contributed by atoms with Gasteiger partial charge in [0.05, 0.1) is 26.4 Å². The number of esters is 4. The summed E-state index contributed by atoms with van der Waals surface area (Å²) in [6.07, 6.45) is 71.0. The minimum absolute atomic E-state index is 0.108. The van der Waals surface area contributed by atoms with Crippen molar-refractivity contribution >= 4 is 39.5 Å². The molecule has 0 amide bonds. The standard InChI is InChI=1S/C85H166O17P2/c1-6-9-12-15-18-21-24-25-26-27-28-29-30-31-36-39-42-46-51-56-61-66-71-85(90)102-81(75-96-83(88)69-64-59-54-49-45-41-38-35-33-32-34-37-40-44-47-52-57-62-67-78(4)5)77-100-104(93,94)98-73-79(86)72-97-103(91,92)99-76-80(74-95-82(87)68-63-58-53-48-23-20-17-14-11-8-3)101-84(89)70-65-60-55-50-43-22-19-16-13-10-7-2/h78-81,86H,6-77H2,1-5H3,(H,91,92)(H,93,94)/t79-,80+,81+/m0/s1. The van der Waals surface area contributed by atoms with Crippen molar-refractivity contribution in [2.75, 3.05) is 39.6 Å². The molecule has 0 saturated heterocycles. The number of hydrogen-bond acceptors (Lipinski definition) is 15. The van der Waals surface area contributed by atoms with Gasteiger partial charge < -0.3 is 33.8 Å². The quantitative estimate of drug-likeness (QED) is 0.0222. The number of phosphoric ester groups is 2. The summed E-state index contributed by atoms with van der Waals surface area (Å²) in [7, 11) is -9.92. The van der Waals surface area contributed by atoms with Gasteiger partial charge in [0.1, 0.15) is 19.3 Å². The van der Waals surface area contributed by atoms with E-state index in [4.69, 9.17) is 37.0 Å². The van der Waals surface area contributed by atoms with Gasteiger partial charge in [0.25, 0.3) is 0 Å². The van der Waals surface area contributed by atoms with Gasteiger partial charge in [-0.25, -0.2) is 9.13 Å². The highest BCUT2D eigenvalue weighted by molar-refractivity contribution is 7.47. The molecule has 17 nitrogen and oxygen atoms in total. The van der Waals surface area contributed by atoms with Crippen LogP contribution in [0.5, 0.6) is 0 Å². The van der Waals surface area contributed by atoms with Crippen LogP contribution < -0.4 is 0 Å². The molecule has 0 aliphatic heterocycles. The number of rotatable bonds is 85. The van der Waals surface area contributed by atoms with Crippen molar-refractivity contribution in [1.29, 1.82) is 0 Å². The zero-order valence-electron chi connectivity index (χ0n) is 68.2. The highest BCUT2D eigenvalue weighted by Crippen LogP contribution is 2.45. The Morgan fingerprint density at radius 2 is 0.442 bits per heavy atom. The molecule has 5 atom stereocenters. The maximum absolute atomic E-state index is 13.1. The monoisotopic (exact) mass is 1520 g/mol. The summed E-state index contributed by atoms with van der Waals surface area (Å²) in [4.78, 5) is 73.1. The molecule has 0 aromatic heterocycles. The van der Waals surface area contributed by atoms with Crippen LogP contribution in [-0.4, -0.2) is 96.7 Å². The first-order chi connectivity index (χ1) is 50.5. The number of aliphatic hydroxyl groups excluding tert-OH is 1. The normalized spacial score (nSPS) is 13.8. The second-order valence-electron chi connectivity index (χ2n) is 31.1. The van der Waals surface area contributed by atoms with E-state index in [9.17, 15) is 43.2 Å². The fourth-order valence-corrected chi connectivity index (χ4v) is 14.9. The van der Waals surface area contributed by atoms with Crippen molar-refractivity contribution in [3.05, 3.63) is 0 Å². The van der Waals surface area contributed by atoms with E-state index in [2.05, 4.69) is 34.6 Å². The van der Waals surface area contributed by atoms with Crippen molar-refractivity contribution in [2.45, 2.75) is 477 Å². The van der Waals surface area contributed by atoms with Crippen LogP contribution in [0.3, 0.4) is 0 Å². The Morgan fingerprint density at radius 3 is 0.654 bits per heavy atom. The van der Waals surface area contributed by atoms with Crippen LogP contribution >= 0.6 is 15.6 Å². The second-order valence-corrected chi connectivity index (χ2v) is 34.0. The number of carbonyl (C=O) groups excluding carboxylic acids is 4. The smallest absolute Gasteiger partial charge is 0.462 e. The summed E-state index contributed by atoms with van der Waals surface area (Å²) in [5, 5.41) is 10.7. The highest BCUT2D eigenvalue weighted by atomic mass is 31.2. The molecule has 0 fully saturated rings. The predicted octanol–water partition coefficient (Wildman–Crippen LogP) is 26.0. The molecule has 104 heavy (non-hydrogen) atoms. The number of ether oxygens (including phenoxy) is 4. The van der Waals surface area contributed by atoms with Crippen LogP contribution in [0.1, 0.15) is 458 Å². The van der Waals surface area contributed by atoms with Crippen LogP contribution in [0.15, 0.2) is 0 Å². The fraction of sp³-hybridized carbons (Fsp3) is 0.953. The lowest BCUT2D eigenvalue weighted by Gasteiger charge is -2.21. The topological polar surface area (TPSA) is 237 Å². The highest BCUT2D eigenvalue weighted by Gasteiger charge is 2.30. The van der Waals surface area contributed by atoms with Crippen molar-refractivity contribution in [3.8, 4) is 0 Å². The minimum atomic E-state index is -4.96. The van der Waals surface area contributed by atoms with E-state index in [1.165, 1.54) is 283 Å². The molecule has 0 aromatic carbocycles. The van der Waals surface area contributed by atoms with Crippen LogP contribution in [0.25, 0.3) is 0 Å². The number of phosphoric acid groups is 2. The lowest BCUT2D eigenvalue weighted by Crippen LogP contribution is -2.30. The van der Waals surface area contributed by atoms with E-state index in [0.717, 1.165) is 95.8 Å². The van der Waals surface area contributed by atoms with Crippen molar-refractivity contribution in [3.63, 3.8) is 0 Å². The van der Waals surface area contributed by atoms with E-state index in [1.54, 1.807) is 0 Å². The molecule has 2 unspecified atom stereocenters. The molecule has 0 aliphatic rings. The van der Waals surface area contributed by atoms with Crippen LogP contribution in [0, 0.1) is 5.92 Å². The minimum Gasteiger partial charge on any atom is -0.462 e. The zero-order valence-corrected chi connectivity index (χ0v) is 70.0. The van der Waals surface area contributed by atoms with E-state index in [1.807, 2.05) is 0 Å². The fourth-order valence-electron chi connectivity index (χ4n) is 13.3. The Morgan fingerprint density at radius 1 is 0.260 bits per heavy atom. The second kappa shape index (κ2) is 77.8. The average Bonchev–Trinajstić information content (AvgIpc) is 0.922. The summed E-state index contributed by atoms with van der Waals surface area (Å²) in [5.74, 6) is -1.28. The Balaban J connectivity index is 5.17. The Bertz CT molecular complexity index is 1980. The lowest BCUT2D eigenvalue weighted by atomic mass is 10.0. The molecule has 0 spiro atoms. The number of hydrogen-bond donors (Lipinski definition) is 3. The van der Waals surface area contributed by atoms with E-state index < -0.39 is 97.5 Å². The van der Waals surface area contributed by atoms with E-state index in [-0.39, 0.29) is 25.7 Å². The van der Waals surface area contributed by atoms with Crippen molar-refractivity contribution in [2.24, 2.45) is 5.92 Å². The van der Waals surface area contributed by atoms with Gasteiger partial charge in [-0.15, -0.1) is 0 Å². The molecule has 0 rings (SSSR count). The van der Waals surface area contributed by atoms with Crippen molar-refractivity contribution < 1.29 is 80.2 Å². The number of aliphatic hydroxyl groups is 1. The molecule has 3 N–H and O–H groups in total.